The molecule has 0 amide bonds. The third-order valence-electron chi connectivity index (χ3n) is 1.96. The number of rotatable bonds is 6. The highest BCUT2D eigenvalue weighted by Gasteiger charge is 2.01. The lowest BCUT2D eigenvalue weighted by Gasteiger charge is -2.05. The number of nitrogens with one attached hydrogen (secondary N) is 1. The van der Waals surface area contributed by atoms with Gasteiger partial charge < -0.3 is 0 Å². The van der Waals surface area contributed by atoms with E-state index in [1.54, 1.807) is 18.0 Å². The second-order valence-electron chi connectivity index (χ2n) is 3.28. The predicted molar refractivity (Wildman–Crippen MR) is 69.8 cm³/mol. The van der Waals surface area contributed by atoms with Gasteiger partial charge in [0.2, 0.25) is 0 Å². The van der Waals surface area contributed by atoms with Crippen molar-refractivity contribution >= 4 is 35.1 Å². The van der Waals surface area contributed by atoms with Crippen molar-refractivity contribution in [2.24, 2.45) is 0 Å². The maximum Gasteiger partial charge on any atom is 0.0569 e. The number of hydrogen-bond donors (Lipinski definition) is 1. The Balaban J connectivity index is 2.31. The van der Waals surface area contributed by atoms with Gasteiger partial charge in [-0.25, -0.2) is 0 Å². The topological polar surface area (TPSA) is 12.0 Å². The fourth-order valence-electron chi connectivity index (χ4n) is 1.13. The summed E-state index contributed by atoms with van der Waals surface area (Å²) in [7, 11) is 0. The largest absolute Gasteiger partial charge is 0.260 e. The first-order chi connectivity index (χ1) is 7.24. The van der Waals surface area contributed by atoms with Crippen LogP contribution in [0.4, 0.5) is 0 Å². The normalized spacial score (nSPS) is 10.6. The summed E-state index contributed by atoms with van der Waals surface area (Å²) in [5.74, 6) is 0. The van der Waals surface area contributed by atoms with E-state index in [-0.39, 0.29) is 0 Å². The molecule has 0 unspecified atom stereocenters. The van der Waals surface area contributed by atoms with E-state index in [9.17, 15) is 0 Å². The quantitative estimate of drug-likeness (QED) is 0.586. The van der Waals surface area contributed by atoms with Gasteiger partial charge in [-0.05, 0) is 36.6 Å². The minimum absolute atomic E-state index is 0.676. The summed E-state index contributed by atoms with van der Waals surface area (Å²) in [5.41, 5.74) is 0. The molecule has 0 aromatic heterocycles. The van der Waals surface area contributed by atoms with Gasteiger partial charge in [0, 0.05) is 16.5 Å². The summed E-state index contributed by atoms with van der Waals surface area (Å²) >= 11 is 13.4. The summed E-state index contributed by atoms with van der Waals surface area (Å²) in [6.07, 6.45) is 3.71. The van der Waals surface area contributed by atoms with Gasteiger partial charge in [0.1, 0.15) is 0 Å². The summed E-state index contributed by atoms with van der Waals surface area (Å²) in [6, 6.07) is 5.55. The van der Waals surface area contributed by atoms with E-state index in [1.807, 2.05) is 12.1 Å². The molecule has 0 aliphatic heterocycles. The van der Waals surface area contributed by atoms with Crippen molar-refractivity contribution in [3.63, 3.8) is 0 Å². The average molecular weight is 264 g/mol. The molecular formula is C11H15Cl2NS. The number of halogens is 2. The Kier molecular flexibility index (Phi) is 6.50. The molecule has 0 heterocycles. The molecule has 84 valence electrons. The summed E-state index contributed by atoms with van der Waals surface area (Å²) in [4.78, 5) is 1.03. The van der Waals surface area contributed by atoms with Gasteiger partial charge in [0.05, 0.1) is 5.02 Å². The van der Waals surface area contributed by atoms with Gasteiger partial charge in [-0.2, -0.15) is 0 Å². The van der Waals surface area contributed by atoms with Gasteiger partial charge in [-0.15, -0.1) is 0 Å². The first-order valence-electron chi connectivity index (χ1n) is 5.08. The fourth-order valence-corrected chi connectivity index (χ4v) is 2.35. The van der Waals surface area contributed by atoms with Gasteiger partial charge >= 0.3 is 0 Å². The molecule has 0 radical (unpaired) electrons. The lowest BCUT2D eigenvalue weighted by atomic mass is 10.3. The van der Waals surface area contributed by atoms with E-state index in [2.05, 4.69) is 11.6 Å². The van der Waals surface area contributed by atoms with E-state index in [0.717, 1.165) is 11.4 Å². The van der Waals surface area contributed by atoms with Crippen LogP contribution >= 0.6 is 35.1 Å². The van der Waals surface area contributed by atoms with Crippen LogP contribution in [0, 0.1) is 0 Å². The molecule has 1 N–H and O–H groups in total. The van der Waals surface area contributed by atoms with E-state index < -0.39 is 0 Å². The number of unbranched alkanes of at least 4 members (excludes halogenated alkanes) is 2. The number of hydrogen-bond acceptors (Lipinski definition) is 2. The van der Waals surface area contributed by atoms with Crippen LogP contribution in [-0.4, -0.2) is 6.54 Å². The third kappa shape index (κ3) is 5.12. The van der Waals surface area contributed by atoms with Crippen LogP contribution in [0.2, 0.25) is 10.0 Å². The van der Waals surface area contributed by atoms with Crippen LogP contribution in [0.15, 0.2) is 23.1 Å². The predicted octanol–water partition coefficient (Wildman–Crippen LogP) is 4.78. The zero-order valence-corrected chi connectivity index (χ0v) is 11.1. The van der Waals surface area contributed by atoms with Crippen LogP contribution in [0.25, 0.3) is 0 Å². The number of benzene rings is 1. The maximum atomic E-state index is 6.02. The van der Waals surface area contributed by atoms with Crippen LogP contribution in [0.1, 0.15) is 26.2 Å². The molecule has 0 bridgehead atoms. The van der Waals surface area contributed by atoms with Crippen molar-refractivity contribution in [2.75, 3.05) is 6.54 Å². The Labute approximate surface area is 106 Å². The molecule has 0 atom stereocenters. The summed E-state index contributed by atoms with van der Waals surface area (Å²) in [5, 5.41) is 1.38. The Morgan fingerprint density at radius 2 is 2.07 bits per heavy atom. The molecule has 1 aromatic carbocycles. The van der Waals surface area contributed by atoms with Crippen LogP contribution < -0.4 is 4.72 Å². The van der Waals surface area contributed by atoms with Crippen molar-refractivity contribution < 1.29 is 0 Å². The van der Waals surface area contributed by atoms with Crippen LogP contribution in [-0.2, 0) is 0 Å². The van der Waals surface area contributed by atoms with Gasteiger partial charge in [0.25, 0.3) is 0 Å². The smallest absolute Gasteiger partial charge is 0.0569 e. The molecular weight excluding hydrogens is 249 g/mol. The Morgan fingerprint density at radius 1 is 1.27 bits per heavy atom. The Hall–Kier alpha value is 0.110. The Bertz CT molecular complexity index is 305. The van der Waals surface area contributed by atoms with Crippen LogP contribution in [0.5, 0.6) is 0 Å². The lowest BCUT2D eigenvalue weighted by Crippen LogP contribution is -2.04. The molecule has 1 nitrogen and oxygen atoms in total. The Morgan fingerprint density at radius 3 is 2.73 bits per heavy atom. The van der Waals surface area contributed by atoms with E-state index >= 15 is 0 Å². The van der Waals surface area contributed by atoms with Crippen molar-refractivity contribution in [1.82, 2.24) is 4.72 Å². The maximum absolute atomic E-state index is 6.02. The van der Waals surface area contributed by atoms with Crippen molar-refractivity contribution in [3.8, 4) is 0 Å². The van der Waals surface area contributed by atoms with E-state index in [1.165, 1.54) is 19.3 Å². The summed E-state index contributed by atoms with van der Waals surface area (Å²) < 4.78 is 3.29. The van der Waals surface area contributed by atoms with Gasteiger partial charge in [-0.3, -0.25) is 4.72 Å². The monoisotopic (exact) mass is 263 g/mol. The minimum atomic E-state index is 0.676. The standard InChI is InChI=1S/C11H15Cl2NS/c1-2-3-4-7-14-15-11-6-5-9(12)8-10(11)13/h5-6,8,14H,2-4,7H2,1H3. The first kappa shape index (κ1) is 13.2. The molecule has 0 spiro atoms. The zero-order valence-electron chi connectivity index (χ0n) is 8.72. The van der Waals surface area contributed by atoms with Crippen molar-refractivity contribution in [2.45, 2.75) is 31.1 Å². The second kappa shape index (κ2) is 7.39. The molecule has 0 fully saturated rings. The highest BCUT2D eigenvalue weighted by molar-refractivity contribution is 7.97. The second-order valence-corrected chi connectivity index (χ2v) is 5.05. The third-order valence-corrected chi connectivity index (χ3v) is 3.54. The molecule has 4 heteroatoms. The lowest BCUT2D eigenvalue weighted by molar-refractivity contribution is 0.709. The van der Waals surface area contributed by atoms with Crippen molar-refractivity contribution in [3.05, 3.63) is 28.2 Å². The van der Waals surface area contributed by atoms with E-state index in [0.29, 0.717) is 10.0 Å². The van der Waals surface area contributed by atoms with Gasteiger partial charge in [-0.1, -0.05) is 43.0 Å². The minimum Gasteiger partial charge on any atom is -0.260 e. The van der Waals surface area contributed by atoms with E-state index in [4.69, 9.17) is 23.2 Å². The molecule has 15 heavy (non-hydrogen) atoms. The highest BCUT2D eigenvalue weighted by Crippen LogP contribution is 2.27. The molecule has 1 aromatic rings. The van der Waals surface area contributed by atoms with Gasteiger partial charge in [0.15, 0.2) is 0 Å². The average Bonchev–Trinajstić information content (AvgIpc) is 2.20. The highest BCUT2D eigenvalue weighted by atomic mass is 35.5. The molecule has 0 saturated heterocycles. The zero-order chi connectivity index (χ0) is 11.1. The molecule has 1 rings (SSSR count). The summed E-state index contributed by atoms with van der Waals surface area (Å²) in [6.45, 7) is 3.21. The SMILES string of the molecule is CCCCCNSc1ccc(Cl)cc1Cl. The van der Waals surface area contributed by atoms with Crippen molar-refractivity contribution in [1.29, 1.82) is 0 Å². The molecule has 0 saturated carbocycles. The van der Waals surface area contributed by atoms with Crippen LogP contribution in [0.3, 0.4) is 0 Å². The molecule has 0 aliphatic rings. The molecule has 0 aliphatic carbocycles. The first-order valence-corrected chi connectivity index (χ1v) is 6.66. The fraction of sp³-hybridized carbons (Fsp3) is 0.455.